The van der Waals surface area contributed by atoms with E-state index in [1.165, 1.54) is 0 Å². The molecule has 3 nitrogen and oxygen atoms in total. The van der Waals surface area contributed by atoms with Gasteiger partial charge in [0.15, 0.2) is 23.3 Å². The molecule has 0 amide bonds. The molecule has 0 atom stereocenters. The van der Waals surface area contributed by atoms with Gasteiger partial charge in [0.05, 0.1) is 5.71 Å². The summed E-state index contributed by atoms with van der Waals surface area (Å²) < 4.78 is 67.0. The van der Waals surface area contributed by atoms with E-state index in [0.717, 1.165) is 37.7 Å². The van der Waals surface area contributed by atoms with Crippen molar-refractivity contribution in [2.45, 2.75) is 72.1 Å². The fourth-order valence-corrected chi connectivity index (χ4v) is 2.53. The fourth-order valence-electron chi connectivity index (χ4n) is 2.53. The van der Waals surface area contributed by atoms with Gasteiger partial charge in [0.2, 0.25) is 5.82 Å². The van der Waals surface area contributed by atoms with Gasteiger partial charge >= 0.3 is 5.97 Å². The maximum Gasteiger partial charge on any atom is 0.371 e. The van der Waals surface area contributed by atoms with Crippen LogP contribution in [0.15, 0.2) is 16.8 Å². The van der Waals surface area contributed by atoms with Crippen molar-refractivity contribution in [1.29, 1.82) is 0 Å². The van der Waals surface area contributed by atoms with Gasteiger partial charge < -0.3 is 4.84 Å². The van der Waals surface area contributed by atoms with E-state index in [-0.39, 0.29) is 0 Å². The Labute approximate surface area is 167 Å². The second kappa shape index (κ2) is 12.3. The average molecular weight is 419 g/mol. The number of rotatable bonds is 11. The van der Waals surface area contributed by atoms with Crippen molar-refractivity contribution in [1.82, 2.24) is 0 Å². The Morgan fingerprint density at radius 1 is 0.862 bits per heavy atom. The molecule has 29 heavy (non-hydrogen) atoms. The lowest BCUT2D eigenvalue weighted by Gasteiger charge is -2.08. The summed E-state index contributed by atoms with van der Waals surface area (Å²) in [5, 5.41) is 3.64. The zero-order valence-corrected chi connectivity index (χ0v) is 16.9. The van der Waals surface area contributed by atoms with Crippen LogP contribution in [-0.2, 0) is 4.84 Å². The molecule has 0 aliphatic heterocycles. The lowest BCUT2D eigenvalue weighted by Crippen LogP contribution is -2.14. The highest BCUT2D eigenvalue weighted by Crippen LogP contribution is 2.24. The van der Waals surface area contributed by atoms with Crippen molar-refractivity contribution in [2.24, 2.45) is 5.16 Å². The van der Waals surface area contributed by atoms with Crippen molar-refractivity contribution < 1.29 is 31.6 Å². The number of hydrogen-bond acceptors (Lipinski definition) is 3. The highest BCUT2D eigenvalue weighted by Gasteiger charge is 2.31. The van der Waals surface area contributed by atoms with Gasteiger partial charge in [0.25, 0.3) is 0 Å². The second-order valence-corrected chi connectivity index (χ2v) is 6.78. The Hall–Kier alpha value is -2.25. The first-order valence-corrected chi connectivity index (χ1v) is 9.68. The number of carbonyl (C=O) groups is 1. The highest BCUT2D eigenvalue weighted by atomic mass is 19.2. The summed E-state index contributed by atoms with van der Waals surface area (Å²) in [4.78, 5) is 16.4. The number of allylic oxidation sites excluding steroid dienone is 2. The molecule has 0 bridgehead atoms. The van der Waals surface area contributed by atoms with Crippen molar-refractivity contribution in [2.75, 3.05) is 0 Å². The lowest BCUT2D eigenvalue weighted by molar-refractivity contribution is 0.0499. The standard InChI is InChI=1S/C21H26F5NO2/c1-4-6-8-9-13(3)11-12-14(10-7-5-2)27-29-21(28)15-16(22)18(24)20(26)19(25)17(15)23/h9H,4-8,10-12H2,1-3H3/b13-9+,27-14+. The third-order valence-corrected chi connectivity index (χ3v) is 4.35. The summed E-state index contributed by atoms with van der Waals surface area (Å²) in [7, 11) is 0. The predicted molar refractivity (Wildman–Crippen MR) is 101 cm³/mol. The summed E-state index contributed by atoms with van der Waals surface area (Å²) in [6.07, 6.45) is 8.43. The maximum atomic E-state index is 13.7. The molecular weight excluding hydrogens is 393 g/mol. The van der Waals surface area contributed by atoms with Gasteiger partial charge in [0.1, 0.15) is 5.56 Å². The number of halogens is 5. The molecule has 0 unspecified atom stereocenters. The molecule has 0 N–H and O–H groups in total. The Balaban J connectivity index is 2.94. The minimum atomic E-state index is -2.34. The number of carbonyl (C=O) groups excluding carboxylic acids is 1. The Morgan fingerprint density at radius 2 is 1.41 bits per heavy atom. The molecule has 162 valence electrons. The number of benzene rings is 1. The molecule has 1 rings (SSSR count). The minimum Gasteiger partial charge on any atom is -0.313 e. The molecule has 0 saturated heterocycles. The molecule has 0 fully saturated rings. The van der Waals surface area contributed by atoms with Crippen molar-refractivity contribution in [3.63, 3.8) is 0 Å². The van der Waals surface area contributed by atoms with Crippen LogP contribution in [0.25, 0.3) is 0 Å². The molecule has 0 heterocycles. The number of hydrogen-bond donors (Lipinski definition) is 0. The van der Waals surface area contributed by atoms with Crippen LogP contribution in [0.2, 0.25) is 0 Å². The molecule has 0 saturated carbocycles. The van der Waals surface area contributed by atoms with Gasteiger partial charge in [-0.1, -0.05) is 49.9 Å². The van der Waals surface area contributed by atoms with E-state index in [4.69, 9.17) is 0 Å². The normalized spacial score (nSPS) is 12.4. The van der Waals surface area contributed by atoms with E-state index in [1.54, 1.807) is 0 Å². The van der Waals surface area contributed by atoms with Crippen LogP contribution < -0.4 is 0 Å². The number of oxime groups is 1. The van der Waals surface area contributed by atoms with Crippen LogP contribution in [-0.4, -0.2) is 11.7 Å². The van der Waals surface area contributed by atoms with Crippen LogP contribution in [0.1, 0.15) is 82.5 Å². The second-order valence-electron chi connectivity index (χ2n) is 6.78. The summed E-state index contributed by atoms with van der Waals surface area (Å²) in [5.41, 5.74) is -0.0447. The Bertz CT molecular complexity index is 746. The van der Waals surface area contributed by atoms with Crippen LogP contribution in [0.5, 0.6) is 0 Å². The zero-order chi connectivity index (χ0) is 22.0. The largest absolute Gasteiger partial charge is 0.371 e. The first-order valence-electron chi connectivity index (χ1n) is 9.68. The SMILES string of the molecule is CCCC/C=C(\C)CC/C(CCCC)=N/OC(=O)c1c(F)c(F)c(F)c(F)c1F. The van der Waals surface area contributed by atoms with E-state index in [0.29, 0.717) is 25.0 Å². The van der Waals surface area contributed by atoms with E-state index < -0.39 is 40.6 Å². The first-order chi connectivity index (χ1) is 13.7. The van der Waals surface area contributed by atoms with E-state index in [2.05, 4.69) is 23.0 Å². The van der Waals surface area contributed by atoms with Gasteiger partial charge in [-0.3, -0.25) is 0 Å². The first kappa shape index (κ1) is 24.8. The van der Waals surface area contributed by atoms with Gasteiger partial charge in [-0.2, -0.15) is 0 Å². The fraction of sp³-hybridized carbons (Fsp3) is 0.524. The molecule has 8 heteroatoms. The molecular formula is C21H26F5NO2. The zero-order valence-electron chi connectivity index (χ0n) is 16.9. The minimum absolute atomic E-state index is 0.457. The van der Waals surface area contributed by atoms with Gasteiger partial charge in [0, 0.05) is 0 Å². The molecule has 0 radical (unpaired) electrons. The van der Waals surface area contributed by atoms with Gasteiger partial charge in [-0.15, -0.1) is 0 Å². The lowest BCUT2D eigenvalue weighted by atomic mass is 10.0. The maximum absolute atomic E-state index is 13.7. The topological polar surface area (TPSA) is 38.7 Å². The third-order valence-electron chi connectivity index (χ3n) is 4.35. The van der Waals surface area contributed by atoms with E-state index in [1.807, 2.05) is 13.8 Å². The molecule has 1 aromatic carbocycles. The summed E-state index contributed by atoms with van der Waals surface area (Å²) in [6, 6.07) is 0. The Morgan fingerprint density at radius 3 is 1.97 bits per heavy atom. The van der Waals surface area contributed by atoms with Crippen LogP contribution in [0, 0.1) is 29.1 Å². The predicted octanol–water partition coefficient (Wildman–Crippen LogP) is 7.00. The third kappa shape index (κ3) is 7.25. The monoisotopic (exact) mass is 419 g/mol. The smallest absolute Gasteiger partial charge is 0.313 e. The molecule has 1 aromatic rings. The van der Waals surface area contributed by atoms with Gasteiger partial charge in [-0.25, -0.2) is 26.7 Å². The van der Waals surface area contributed by atoms with Crippen molar-refractivity contribution in [3.8, 4) is 0 Å². The summed E-state index contributed by atoms with van der Waals surface area (Å²) in [6.45, 7) is 6.01. The Kier molecular flexibility index (Phi) is 10.5. The molecule has 0 spiro atoms. The van der Waals surface area contributed by atoms with Crippen LogP contribution in [0.3, 0.4) is 0 Å². The molecule has 0 aliphatic rings. The summed E-state index contributed by atoms with van der Waals surface area (Å²) in [5.74, 6) is -13.0. The van der Waals surface area contributed by atoms with E-state index in [9.17, 15) is 26.7 Å². The highest BCUT2D eigenvalue weighted by molar-refractivity contribution is 5.91. The number of nitrogens with zero attached hydrogens (tertiary/aromatic N) is 1. The quantitative estimate of drug-likeness (QED) is 0.0566. The average Bonchev–Trinajstić information content (AvgIpc) is 2.70. The van der Waals surface area contributed by atoms with Crippen molar-refractivity contribution in [3.05, 3.63) is 46.3 Å². The molecule has 0 aromatic heterocycles. The number of unbranched alkanes of at least 4 members (excludes halogenated alkanes) is 3. The van der Waals surface area contributed by atoms with Crippen molar-refractivity contribution >= 4 is 11.7 Å². The summed E-state index contributed by atoms with van der Waals surface area (Å²) >= 11 is 0. The van der Waals surface area contributed by atoms with Crippen LogP contribution >= 0.6 is 0 Å². The molecule has 0 aliphatic carbocycles. The van der Waals surface area contributed by atoms with E-state index >= 15 is 0 Å². The van der Waals surface area contributed by atoms with Gasteiger partial charge in [-0.05, 0) is 39.0 Å². The van der Waals surface area contributed by atoms with Crippen LogP contribution in [0.4, 0.5) is 22.0 Å².